The minimum atomic E-state index is -3.93. The molecule has 0 spiro atoms. The number of nitrogens with one attached hydrogen (secondary N) is 1. The Morgan fingerprint density at radius 3 is 2.20 bits per heavy atom. The first-order valence-corrected chi connectivity index (χ1v) is 13.1. The number of benzene rings is 3. The lowest BCUT2D eigenvalue weighted by Crippen LogP contribution is -2.49. The van der Waals surface area contributed by atoms with Gasteiger partial charge < -0.3 is 10.1 Å². The summed E-state index contributed by atoms with van der Waals surface area (Å²) < 4.78 is 34.8. The molecule has 0 aromatic heterocycles. The van der Waals surface area contributed by atoms with E-state index in [2.05, 4.69) is 26.1 Å². The number of carbonyl (C=O) groups is 1. The lowest BCUT2D eigenvalue weighted by molar-refractivity contribution is -0.122. The predicted molar refractivity (Wildman–Crippen MR) is 140 cm³/mol. The first-order valence-electron chi connectivity index (χ1n) is 11.7. The van der Waals surface area contributed by atoms with E-state index in [0.717, 1.165) is 27.9 Å². The van der Waals surface area contributed by atoms with Gasteiger partial charge in [-0.2, -0.15) is 0 Å². The van der Waals surface area contributed by atoms with E-state index in [1.165, 1.54) is 4.31 Å². The fourth-order valence-electron chi connectivity index (χ4n) is 4.38. The second-order valence-electron chi connectivity index (χ2n) is 10.2. The Bertz CT molecular complexity index is 1350. The van der Waals surface area contributed by atoms with Crippen molar-refractivity contribution in [3.8, 4) is 5.75 Å². The van der Waals surface area contributed by atoms with E-state index in [0.29, 0.717) is 11.4 Å². The highest BCUT2D eigenvalue weighted by atomic mass is 32.2. The highest BCUT2D eigenvalue weighted by Gasteiger charge is 2.38. The van der Waals surface area contributed by atoms with Gasteiger partial charge in [-0.1, -0.05) is 62.7 Å². The summed E-state index contributed by atoms with van der Waals surface area (Å²) in [6.07, 6.45) is -1.01. The third-order valence-corrected chi connectivity index (χ3v) is 8.04. The lowest BCUT2D eigenvalue weighted by atomic mass is 9.86. The molecule has 1 aliphatic heterocycles. The number of anilines is 2. The normalized spacial score (nSPS) is 15.8. The summed E-state index contributed by atoms with van der Waals surface area (Å²) >= 11 is 0. The number of amides is 1. The minimum Gasteiger partial charge on any atom is -0.476 e. The number of nitrogens with zero attached hydrogens (tertiary/aromatic N) is 1. The monoisotopic (exact) mass is 492 g/mol. The van der Waals surface area contributed by atoms with Gasteiger partial charge in [-0.15, -0.1) is 0 Å². The maximum Gasteiger partial charge on any atom is 0.267 e. The van der Waals surface area contributed by atoms with Gasteiger partial charge in [0.15, 0.2) is 6.10 Å². The number of hydrogen-bond acceptors (Lipinski definition) is 4. The van der Waals surface area contributed by atoms with Crippen LogP contribution in [0.5, 0.6) is 5.75 Å². The minimum absolute atomic E-state index is 0.131. The summed E-state index contributed by atoms with van der Waals surface area (Å²) in [6, 6.07) is 17.8. The fraction of sp³-hybridized carbons (Fsp3) is 0.321. The second-order valence-corrected chi connectivity index (χ2v) is 12.0. The topological polar surface area (TPSA) is 75.7 Å². The lowest BCUT2D eigenvalue weighted by Gasteiger charge is -2.36. The van der Waals surface area contributed by atoms with Crippen molar-refractivity contribution in [1.29, 1.82) is 0 Å². The van der Waals surface area contributed by atoms with E-state index in [1.807, 2.05) is 45.0 Å². The van der Waals surface area contributed by atoms with Crippen LogP contribution in [0.2, 0.25) is 0 Å². The molecular formula is C28H32N2O4S. The molecule has 0 saturated carbocycles. The average molecular weight is 493 g/mol. The Hall–Kier alpha value is -3.32. The van der Waals surface area contributed by atoms with Gasteiger partial charge in [0.25, 0.3) is 15.9 Å². The number of hydrogen-bond donors (Lipinski definition) is 1. The summed E-state index contributed by atoms with van der Waals surface area (Å²) in [5, 5.41) is 2.97. The Balaban J connectivity index is 1.75. The summed E-state index contributed by atoms with van der Waals surface area (Å²) in [5.74, 6) is -0.0277. The quantitative estimate of drug-likeness (QED) is 0.522. The highest BCUT2D eigenvalue weighted by molar-refractivity contribution is 7.92. The summed E-state index contributed by atoms with van der Waals surface area (Å²) in [6.45, 7) is 11.9. The van der Waals surface area contributed by atoms with Crippen LogP contribution in [-0.2, 0) is 20.2 Å². The van der Waals surface area contributed by atoms with Crippen LogP contribution in [0.3, 0.4) is 0 Å². The summed E-state index contributed by atoms with van der Waals surface area (Å²) in [4.78, 5) is 13.5. The molecule has 0 fully saturated rings. The number of aryl methyl sites for hydroxylation is 3. The zero-order valence-corrected chi connectivity index (χ0v) is 21.9. The molecule has 1 atom stereocenters. The van der Waals surface area contributed by atoms with Crippen LogP contribution in [0.15, 0.2) is 65.6 Å². The van der Waals surface area contributed by atoms with Crippen LogP contribution in [0.1, 0.15) is 43.0 Å². The van der Waals surface area contributed by atoms with Crippen LogP contribution in [0.25, 0.3) is 0 Å². The number of carbonyl (C=O) groups excluding carboxylic acids is 1. The smallest absolute Gasteiger partial charge is 0.267 e. The average Bonchev–Trinajstić information content (AvgIpc) is 2.80. The zero-order valence-electron chi connectivity index (χ0n) is 21.0. The van der Waals surface area contributed by atoms with Crippen LogP contribution >= 0.6 is 0 Å². The van der Waals surface area contributed by atoms with Crippen molar-refractivity contribution < 1.29 is 17.9 Å². The molecule has 3 aromatic rings. The van der Waals surface area contributed by atoms with Crippen molar-refractivity contribution in [3.05, 3.63) is 82.9 Å². The van der Waals surface area contributed by atoms with Gasteiger partial charge in [0.2, 0.25) is 0 Å². The third kappa shape index (κ3) is 4.91. The molecule has 0 saturated heterocycles. The molecule has 1 heterocycles. The molecule has 3 aromatic carbocycles. The van der Waals surface area contributed by atoms with Crippen molar-refractivity contribution in [1.82, 2.24) is 0 Å². The predicted octanol–water partition coefficient (Wildman–Crippen LogP) is 5.50. The summed E-state index contributed by atoms with van der Waals surface area (Å²) in [7, 11) is -3.93. The molecule has 0 bridgehead atoms. The molecule has 6 nitrogen and oxygen atoms in total. The van der Waals surface area contributed by atoms with Gasteiger partial charge in [0, 0.05) is 5.69 Å². The van der Waals surface area contributed by atoms with Crippen molar-refractivity contribution >= 4 is 27.3 Å². The Kier molecular flexibility index (Phi) is 6.40. The van der Waals surface area contributed by atoms with Gasteiger partial charge >= 0.3 is 0 Å². The molecule has 4 rings (SSSR count). The molecule has 1 amide bonds. The molecule has 7 heteroatoms. The van der Waals surface area contributed by atoms with Gasteiger partial charge in [0.05, 0.1) is 17.1 Å². The SMILES string of the molecule is Cc1cc(C)c(NC(=O)[C@H]2CN(S(=O)(=O)c3ccccc3)c3cc(C(C)(C)C)ccc3O2)c(C)c1. The van der Waals surface area contributed by atoms with Crippen molar-refractivity contribution in [2.75, 3.05) is 16.2 Å². The Labute approximate surface area is 208 Å². The van der Waals surface area contributed by atoms with E-state index < -0.39 is 16.1 Å². The van der Waals surface area contributed by atoms with E-state index in [4.69, 9.17) is 4.74 Å². The van der Waals surface area contributed by atoms with Crippen molar-refractivity contribution in [2.45, 2.75) is 58.0 Å². The van der Waals surface area contributed by atoms with Crippen molar-refractivity contribution in [2.24, 2.45) is 0 Å². The molecular weight excluding hydrogens is 460 g/mol. The van der Waals surface area contributed by atoms with Gasteiger partial charge in [-0.3, -0.25) is 9.10 Å². The van der Waals surface area contributed by atoms with E-state index in [1.54, 1.807) is 36.4 Å². The standard InChI is InChI=1S/C28H32N2O4S/c1-18-14-19(2)26(20(3)15-18)29-27(31)25-17-30(35(32,33)22-10-8-7-9-11-22)23-16-21(28(4,5)6)12-13-24(23)34-25/h7-16,25H,17H2,1-6H3,(H,29,31)/t25-/m1/s1. The molecule has 1 aliphatic rings. The largest absolute Gasteiger partial charge is 0.476 e. The fourth-order valence-corrected chi connectivity index (χ4v) is 5.87. The van der Waals surface area contributed by atoms with E-state index >= 15 is 0 Å². The maximum absolute atomic E-state index is 13.7. The third-order valence-electron chi connectivity index (χ3n) is 6.24. The van der Waals surface area contributed by atoms with Crippen molar-refractivity contribution in [3.63, 3.8) is 0 Å². The zero-order chi connectivity index (χ0) is 25.5. The molecule has 35 heavy (non-hydrogen) atoms. The number of fused-ring (bicyclic) bond motifs is 1. The second kappa shape index (κ2) is 9.04. The Morgan fingerprint density at radius 1 is 0.971 bits per heavy atom. The highest BCUT2D eigenvalue weighted by Crippen LogP contribution is 2.40. The first-order chi connectivity index (χ1) is 16.4. The summed E-state index contributed by atoms with van der Waals surface area (Å²) in [5.41, 5.74) is 4.93. The van der Waals surface area contributed by atoms with Gasteiger partial charge in [-0.05, 0) is 67.1 Å². The molecule has 0 unspecified atom stereocenters. The Morgan fingerprint density at radius 2 is 1.60 bits per heavy atom. The molecule has 0 radical (unpaired) electrons. The number of rotatable bonds is 4. The molecule has 1 N–H and O–H groups in total. The van der Waals surface area contributed by atoms with Crippen LogP contribution in [0.4, 0.5) is 11.4 Å². The van der Waals surface area contributed by atoms with Gasteiger partial charge in [-0.25, -0.2) is 8.42 Å². The van der Waals surface area contributed by atoms with Crippen LogP contribution in [-0.4, -0.2) is 27.0 Å². The van der Waals surface area contributed by atoms with Crippen LogP contribution in [0, 0.1) is 20.8 Å². The van der Waals surface area contributed by atoms with E-state index in [-0.39, 0.29) is 22.8 Å². The van der Waals surface area contributed by atoms with E-state index in [9.17, 15) is 13.2 Å². The number of ether oxygens (including phenoxy) is 1. The molecule has 0 aliphatic carbocycles. The molecule has 184 valence electrons. The van der Waals surface area contributed by atoms with Crippen LogP contribution < -0.4 is 14.4 Å². The van der Waals surface area contributed by atoms with Gasteiger partial charge in [0.1, 0.15) is 5.75 Å². The first kappa shape index (κ1) is 24.8. The number of sulfonamides is 1. The maximum atomic E-state index is 13.7.